The van der Waals surface area contributed by atoms with Crippen molar-refractivity contribution in [3.63, 3.8) is 0 Å². The van der Waals surface area contributed by atoms with Gasteiger partial charge in [0, 0.05) is 12.6 Å². The highest BCUT2D eigenvalue weighted by Gasteiger charge is 2.35. The molecule has 0 unspecified atom stereocenters. The van der Waals surface area contributed by atoms with Crippen molar-refractivity contribution >= 4 is 28.9 Å². The largest absolute Gasteiger partial charge is 0.451 e. The summed E-state index contributed by atoms with van der Waals surface area (Å²) in [5.74, 6) is -1.03. The molecule has 19 heavy (non-hydrogen) atoms. The molecular weight excluding hydrogens is 299 g/mol. The minimum Gasteiger partial charge on any atom is -0.370 e. The van der Waals surface area contributed by atoms with Crippen LogP contribution in [0, 0.1) is 0 Å². The monoisotopic (exact) mass is 307 g/mol. The molecule has 1 N–H and O–H groups in total. The van der Waals surface area contributed by atoms with Gasteiger partial charge in [0.25, 0.3) is 0 Å². The number of nitrogens with zero attached hydrogens (tertiary/aromatic N) is 4. The van der Waals surface area contributed by atoms with Crippen LogP contribution in [-0.4, -0.2) is 26.7 Å². The summed E-state index contributed by atoms with van der Waals surface area (Å²) in [6.45, 7) is 2.24. The van der Waals surface area contributed by atoms with E-state index in [1.54, 1.807) is 6.92 Å². The van der Waals surface area contributed by atoms with Crippen LogP contribution in [0.25, 0.3) is 0 Å². The fraction of sp³-hybridized carbons (Fsp3) is 0.333. The van der Waals surface area contributed by atoms with E-state index < -0.39 is 12.0 Å². The zero-order chi connectivity index (χ0) is 13.9. The molecule has 0 aliphatic heterocycles. The second-order valence-electron chi connectivity index (χ2n) is 3.25. The number of rotatable bonds is 4. The molecule has 5 nitrogen and oxygen atoms in total. The van der Waals surface area contributed by atoms with E-state index in [0.29, 0.717) is 10.9 Å². The van der Waals surface area contributed by atoms with Gasteiger partial charge in [0.1, 0.15) is 16.4 Å². The van der Waals surface area contributed by atoms with Gasteiger partial charge in [-0.3, -0.25) is 0 Å². The molecule has 0 saturated carbocycles. The topological polar surface area (TPSA) is 63.6 Å². The van der Waals surface area contributed by atoms with Gasteiger partial charge in [-0.2, -0.15) is 13.2 Å². The van der Waals surface area contributed by atoms with Crippen LogP contribution >= 0.6 is 23.1 Å². The van der Waals surface area contributed by atoms with Gasteiger partial charge in [0.15, 0.2) is 4.34 Å². The number of halogens is 3. The molecule has 10 heteroatoms. The lowest BCUT2D eigenvalue weighted by molar-refractivity contribution is -0.145. The molecule has 0 amide bonds. The second kappa shape index (κ2) is 5.70. The Balaban J connectivity index is 2.34. The molecule has 102 valence electrons. The third kappa shape index (κ3) is 3.77. The van der Waals surface area contributed by atoms with E-state index in [4.69, 9.17) is 0 Å². The summed E-state index contributed by atoms with van der Waals surface area (Å²) in [7, 11) is 0. The van der Waals surface area contributed by atoms with Crippen molar-refractivity contribution in [2.24, 2.45) is 0 Å². The van der Waals surface area contributed by atoms with Gasteiger partial charge in [0.2, 0.25) is 5.82 Å². The number of hydrogen-bond acceptors (Lipinski definition) is 7. The molecule has 2 aromatic rings. The van der Waals surface area contributed by atoms with Gasteiger partial charge in [-0.15, -0.1) is 10.2 Å². The van der Waals surface area contributed by atoms with Crippen molar-refractivity contribution in [2.45, 2.75) is 22.5 Å². The Labute approximate surface area is 114 Å². The quantitative estimate of drug-likeness (QED) is 0.876. The van der Waals surface area contributed by atoms with Crippen LogP contribution in [0.15, 0.2) is 20.9 Å². The molecule has 0 aliphatic rings. The number of aromatic nitrogens is 4. The number of hydrogen-bond donors (Lipinski definition) is 1. The lowest BCUT2D eigenvalue weighted by Gasteiger charge is -2.09. The maximum absolute atomic E-state index is 12.7. The molecule has 0 saturated heterocycles. The standard InChI is InChI=1S/C9H8F3N5S2/c1-2-13-5-3-6(19-8-17-14-4-18-8)16-7(15-5)9(10,11)12/h3-4H,2H2,1H3,(H,13,15,16). The van der Waals surface area contributed by atoms with Crippen molar-refractivity contribution in [3.8, 4) is 0 Å². The highest BCUT2D eigenvalue weighted by Crippen LogP contribution is 2.32. The van der Waals surface area contributed by atoms with E-state index in [2.05, 4.69) is 25.5 Å². The van der Waals surface area contributed by atoms with Crippen molar-refractivity contribution in [3.05, 3.63) is 17.4 Å². The van der Waals surface area contributed by atoms with Gasteiger partial charge in [-0.1, -0.05) is 11.3 Å². The SMILES string of the molecule is CCNc1cc(Sc2nncs2)nc(C(F)(F)F)n1. The lowest BCUT2D eigenvalue weighted by atomic mass is 10.5. The van der Waals surface area contributed by atoms with Crippen molar-refractivity contribution < 1.29 is 13.2 Å². The molecular formula is C9H8F3N5S2. The molecule has 0 atom stereocenters. The fourth-order valence-electron chi connectivity index (χ4n) is 1.17. The van der Waals surface area contributed by atoms with Crippen molar-refractivity contribution in [1.82, 2.24) is 20.2 Å². The van der Waals surface area contributed by atoms with Crippen LogP contribution < -0.4 is 5.32 Å². The Morgan fingerprint density at radius 1 is 1.37 bits per heavy atom. The molecule has 2 aromatic heterocycles. The molecule has 0 spiro atoms. The zero-order valence-corrected chi connectivity index (χ0v) is 11.2. The molecule has 0 radical (unpaired) electrons. The average molecular weight is 307 g/mol. The summed E-state index contributed by atoms with van der Waals surface area (Å²) >= 11 is 2.25. The van der Waals surface area contributed by atoms with Crippen LogP contribution in [0.3, 0.4) is 0 Å². The van der Waals surface area contributed by atoms with Gasteiger partial charge in [0.05, 0.1) is 0 Å². The highest BCUT2D eigenvalue weighted by molar-refractivity contribution is 8.00. The van der Waals surface area contributed by atoms with E-state index >= 15 is 0 Å². The molecule has 0 aliphatic carbocycles. The van der Waals surface area contributed by atoms with Crippen molar-refractivity contribution in [2.75, 3.05) is 11.9 Å². The van der Waals surface area contributed by atoms with Crippen LogP contribution in [0.1, 0.15) is 12.7 Å². The minimum atomic E-state index is -4.58. The first kappa shape index (κ1) is 14.0. The lowest BCUT2D eigenvalue weighted by Crippen LogP contribution is -2.13. The van der Waals surface area contributed by atoms with Gasteiger partial charge in [-0.05, 0) is 18.7 Å². The molecule has 0 bridgehead atoms. The predicted molar refractivity (Wildman–Crippen MR) is 65.2 cm³/mol. The minimum absolute atomic E-state index is 0.136. The maximum atomic E-state index is 12.7. The summed E-state index contributed by atoms with van der Waals surface area (Å²) < 4.78 is 38.6. The zero-order valence-electron chi connectivity index (χ0n) is 9.60. The maximum Gasteiger partial charge on any atom is 0.451 e. The number of anilines is 1. The second-order valence-corrected chi connectivity index (χ2v) is 5.35. The fourth-order valence-corrected chi connectivity index (χ4v) is 2.60. The normalized spacial score (nSPS) is 11.6. The molecule has 0 fully saturated rings. The third-order valence-corrected chi connectivity index (χ3v) is 3.54. The van der Waals surface area contributed by atoms with Gasteiger partial charge >= 0.3 is 6.18 Å². The van der Waals surface area contributed by atoms with Crippen LogP contribution in [0.4, 0.5) is 19.0 Å². The molecule has 2 heterocycles. The van der Waals surface area contributed by atoms with E-state index in [0.717, 1.165) is 11.8 Å². The van der Waals surface area contributed by atoms with E-state index in [-0.39, 0.29) is 10.8 Å². The first-order chi connectivity index (χ1) is 8.99. The Hall–Kier alpha value is -1.42. The van der Waals surface area contributed by atoms with Gasteiger partial charge in [-0.25, -0.2) is 9.97 Å². The van der Waals surface area contributed by atoms with Crippen LogP contribution in [0.5, 0.6) is 0 Å². The predicted octanol–water partition coefficient (Wildman–Crippen LogP) is 2.93. The first-order valence-electron chi connectivity index (χ1n) is 5.13. The summed E-state index contributed by atoms with van der Waals surface area (Å²) in [6, 6.07) is 1.45. The summed E-state index contributed by atoms with van der Waals surface area (Å²) in [6.07, 6.45) is -4.58. The highest BCUT2D eigenvalue weighted by atomic mass is 32.2. The average Bonchev–Trinajstić information content (AvgIpc) is 2.81. The Kier molecular flexibility index (Phi) is 4.20. The Morgan fingerprint density at radius 2 is 2.16 bits per heavy atom. The Bertz CT molecular complexity index is 543. The number of nitrogens with one attached hydrogen (secondary N) is 1. The van der Waals surface area contributed by atoms with Crippen LogP contribution in [0.2, 0.25) is 0 Å². The van der Waals surface area contributed by atoms with E-state index in [1.807, 2.05) is 0 Å². The number of alkyl halides is 3. The van der Waals surface area contributed by atoms with Gasteiger partial charge < -0.3 is 5.32 Å². The summed E-state index contributed by atoms with van der Waals surface area (Å²) in [4.78, 5) is 6.92. The van der Waals surface area contributed by atoms with Crippen LogP contribution in [-0.2, 0) is 6.18 Å². The summed E-state index contributed by atoms with van der Waals surface area (Å²) in [5.41, 5.74) is 1.50. The van der Waals surface area contributed by atoms with E-state index in [1.165, 1.54) is 22.9 Å². The van der Waals surface area contributed by atoms with Crippen molar-refractivity contribution in [1.29, 1.82) is 0 Å². The Morgan fingerprint density at radius 3 is 2.74 bits per heavy atom. The third-order valence-electron chi connectivity index (χ3n) is 1.85. The molecule has 2 rings (SSSR count). The molecule has 0 aromatic carbocycles. The van der Waals surface area contributed by atoms with E-state index in [9.17, 15) is 13.2 Å². The smallest absolute Gasteiger partial charge is 0.370 e. The summed E-state index contributed by atoms with van der Waals surface area (Å²) in [5, 5.41) is 10.3. The first-order valence-corrected chi connectivity index (χ1v) is 6.83.